The Morgan fingerprint density at radius 1 is 1.00 bits per heavy atom. The summed E-state index contributed by atoms with van der Waals surface area (Å²) in [5.41, 5.74) is 0.810. The smallest absolute Gasteiger partial charge is 0.872 e. The van der Waals surface area contributed by atoms with Gasteiger partial charge in [0.1, 0.15) is 11.5 Å². The van der Waals surface area contributed by atoms with Gasteiger partial charge in [-0.15, -0.1) is 5.75 Å². The molecule has 0 heterocycles. The first-order valence-corrected chi connectivity index (χ1v) is 10.4. The van der Waals surface area contributed by atoms with E-state index in [9.17, 15) is 13.5 Å². The molecule has 0 aliphatic rings. The van der Waals surface area contributed by atoms with E-state index in [4.69, 9.17) is 9.29 Å². The molecule has 5 nitrogen and oxygen atoms in total. The molecule has 0 unspecified atom stereocenters. The van der Waals surface area contributed by atoms with Crippen LogP contribution in [-0.2, 0) is 16.5 Å². The van der Waals surface area contributed by atoms with Gasteiger partial charge in [-0.2, -0.15) is 8.42 Å². The minimum absolute atomic E-state index is 0. The second kappa shape index (κ2) is 11.7. The Hall–Kier alpha value is -1.05. The van der Waals surface area contributed by atoms with Crippen LogP contribution in [0, 0.1) is 0 Å². The van der Waals surface area contributed by atoms with Crippen LogP contribution in [0.4, 0.5) is 0 Å². The second-order valence-corrected chi connectivity index (χ2v) is 7.76. The number of hydrogen-bond donors (Lipinski definition) is 1. The summed E-state index contributed by atoms with van der Waals surface area (Å²) >= 11 is 0. The summed E-state index contributed by atoms with van der Waals surface area (Å²) < 4.78 is 37.4. The summed E-state index contributed by atoms with van der Waals surface area (Å²) in [6.45, 7) is 2.18. The van der Waals surface area contributed by atoms with Gasteiger partial charge in [-0.05, 0) is 36.6 Å². The van der Waals surface area contributed by atoms with E-state index in [0.29, 0.717) is 11.5 Å². The van der Waals surface area contributed by atoms with Crippen molar-refractivity contribution in [2.45, 2.75) is 56.8 Å². The van der Waals surface area contributed by atoms with Crippen LogP contribution in [0.15, 0.2) is 47.4 Å². The molecule has 0 spiro atoms. The number of ether oxygens (including phenoxy) is 1. The van der Waals surface area contributed by atoms with Gasteiger partial charge in [0.2, 0.25) is 0 Å². The molecule has 0 saturated carbocycles. The first-order valence-electron chi connectivity index (χ1n) is 8.95. The number of benzene rings is 2. The summed E-state index contributed by atoms with van der Waals surface area (Å²) in [6.07, 6.45) is 7.65. The molecule has 0 fully saturated rings. The molecular formula is C20H25NaO5S. The van der Waals surface area contributed by atoms with Gasteiger partial charge in [-0.3, -0.25) is 4.55 Å². The molecular weight excluding hydrogens is 375 g/mol. The molecule has 0 saturated heterocycles. The molecule has 2 rings (SSSR count). The van der Waals surface area contributed by atoms with Crippen molar-refractivity contribution in [2.75, 3.05) is 0 Å². The van der Waals surface area contributed by atoms with Crippen molar-refractivity contribution in [3.8, 4) is 17.2 Å². The molecule has 0 aromatic heterocycles. The van der Waals surface area contributed by atoms with Crippen LogP contribution in [-0.4, -0.2) is 13.0 Å². The van der Waals surface area contributed by atoms with Crippen molar-refractivity contribution in [1.82, 2.24) is 0 Å². The molecule has 0 amide bonds. The zero-order valence-corrected chi connectivity index (χ0v) is 18.8. The van der Waals surface area contributed by atoms with E-state index < -0.39 is 10.1 Å². The van der Waals surface area contributed by atoms with Crippen LogP contribution < -0.4 is 39.4 Å². The fraction of sp³-hybridized carbons (Fsp3) is 0.400. The molecule has 0 aliphatic carbocycles. The topological polar surface area (TPSA) is 86.7 Å². The van der Waals surface area contributed by atoms with Crippen LogP contribution in [0.3, 0.4) is 0 Å². The minimum Gasteiger partial charge on any atom is -0.872 e. The van der Waals surface area contributed by atoms with E-state index in [1.807, 2.05) is 0 Å². The number of aryl methyl sites for hydroxylation is 1. The van der Waals surface area contributed by atoms with E-state index in [1.54, 1.807) is 18.2 Å². The maximum atomic E-state index is 11.7. The van der Waals surface area contributed by atoms with Crippen LogP contribution in [0.25, 0.3) is 0 Å². The Kier molecular flexibility index (Phi) is 10.4. The van der Waals surface area contributed by atoms with Crippen molar-refractivity contribution in [3.63, 3.8) is 0 Å². The molecule has 2 aromatic rings. The monoisotopic (exact) mass is 400 g/mol. The fourth-order valence-corrected chi connectivity index (χ4v) is 3.29. The largest absolute Gasteiger partial charge is 1.00 e. The van der Waals surface area contributed by atoms with Crippen molar-refractivity contribution >= 4 is 10.1 Å². The third-order valence-electron chi connectivity index (χ3n) is 4.16. The van der Waals surface area contributed by atoms with Crippen LogP contribution in [0.5, 0.6) is 17.2 Å². The summed E-state index contributed by atoms with van der Waals surface area (Å²) in [5, 5.41) is 11.7. The first-order chi connectivity index (χ1) is 12.4. The van der Waals surface area contributed by atoms with Gasteiger partial charge < -0.3 is 9.84 Å². The molecule has 0 atom stereocenters. The average molecular weight is 400 g/mol. The Bertz CT molecular complexity index is 821. The number of rotatable bonds is 10. The Morgan fingerprint density at radius 3 is 2.41 bits per heavy atom. The van der Waals surface area contributed by atoms with Gasteiger partial charge in [0.15, 0.2) is 0 Å². The van der Waals surface area contributed by atoms with Crippen LogP contribution in [0.2, 0.25) is 0 Å². The Balaban J connectivity index is 0.00000364. The summed E-state index contributed by atoms with van der Waals surface area (Å²) in [6, 6.07) is 10.2. The van der Waals surface area contributed by atoms with Crippen molar-refractivity contribution < 1.29 is 52.4 Å². The summed E-state index contributed by atoms with van der Waals surface area (Å²) in [7, 11) is -4.29. The molecule has 1 N–H and O–H groups in total. The standard InChI is InChI=1S/C20H26O5S.Na/c1-2-3-4-5-6-7-9-16-14-17(21)12-13-20(16)25-18-10-8-11-19(15-18)26(22,23)24;/h8,10-15,21H,2-7,9H2,1H3,(H,22,23,24);/q;+1/p-1. The van der Waals surface area contributed by atoms with E-state index in [2.05, 4.69) is 6.92 Å². The van der Waals surface area contributed by atoms with Gasteiger partial charge in [-0.1, -0.05) is 57.2 Å². The first kappa shape index (κ1) is 24.0. The summed E-state index contributed by atoms with van der Waals surface area (Å²) in [4.78, 5) is -0.229. The van der Waals surface area contributed by atoms with Gasteiger partial charge in [0, 0.05) is 6.07 Å². The fourth-order valence-electron chi connectivity index (χ4n) is 2.77. The second-order valence-electron chi connectivity index (χ2n) is 6.34. The normalized spacial score (nSPS) is 11.0. The zero-order valence-electron chi connectivity index (χ0n) is 16.0. The van der Waals surface area contributed by atoms with Crippen molar-refractivity contribution in [2.24, 2.45) is 0 Å². The van der Waals surface area contributed by atoms with E-state index in [1.165, 1.54) is 49.9 Å². The third-order valence-corrected chi connectivity index (χ3v) is 5.01. The predicted octanol–water partition coefficient (Wildman–Crippen LogP) is 1.71. The number of hydrogen-bond acceptors (Lipinski definition) is 4. The molecule has 7 heteroatoms. The van der Waals surface area contributed by atoms with Gasteiger partial charge in [0.25, 0.3) is 10.1 Å². The molecule has 0 aliphatic heterocycles. The molecule has 0 bridgehead atoms. The maximum Gasteiger partial charge on any atom is 1.00 e. The SMILES string of the molecule is CCCCCCCCc1cc([O-])ccc1Oc1cccc(S(=O)(=O)O)c1.[Na+]. The Labute approximate surface area is 183 Å². The Morgan fingerprint density at radius 2 is 1.70 bits per heavy atom. The maximum absolute atomic E-state index is 11.7. The van der Waals surface area contributed by atoms with E-state index in [0.717, 1.165) is 24.8 Å². The van der Waals surface area contributed by atoms with E-state index in [-0.39, 0.29) is 40.2 Å². The van der Waals surface area contributed by atoms with Crippen LogP contribution in [0.1, 0.15) is 51.0 Å². The van der Waals surface area contributed by atoms with E-state index >= 15 is 0 Å². The predicted molar refractivity (Wildman–Crippen MR) is 99.3 cm³/mol. The van der Waals surface area contributed by atoms with Gasteiger partial charge in [0.05, 0.1) is 4.90 Å². The van der Waals surface area contributed by atoms with Gasteiger partial charge >= 0.3 is 29.6 Å². The molecule has 142 valence electrons. The average Bonchev–Trinajstić information content (AvgIpc) is 2.60. The number of unbranched alkanes of at least 4 members (excludes halogenated alkanes) is 5. The van der Waals surface area contributed by atoms with Crippen molar-refractivity contribution in [3.05, 3.63) is 48.0 Å². The molecule has 0 radical (unpaired) electrons. The summed E-state index contributed by atoms with van der Waals surface area (Å²) in [5.74, 6) is 0.749. The van der Waals surface area contributed by atoms with Crippen molar-refractivity contribution in [1.29, 1.82) is 0 Å². The van der Waals surface area contributed by atoms with Crippen LogP contribution >= 0.6 is 0 Å². The molecule has 2 aromatic carbocycles. The zero-order chi connectivity index (χ0) is 19.0. The third kappa shape index (κ3) is 8.23. The molecule has 27 heavy (non-hydrogen) atoms. The quantitative estimate of drug-likeness (QED) is 0.373. The minimum atomic E-state index is -4.29. The van der Waals surface area contributed by atoms with Gasteiger partial charge in [-0.25, -0.2) is 0 Å².